The van der Waals surface area contributed by atoms with Crippen LogP contribution >= 0.6 is 0 Å². The second kappa shape index (κ2) is 5.88. The van der Waals surface area contributed by atoms with E-state index >= 15 is 0 Å². The van der Waals surface area contributed by atoms with E-state index in [1.165, 1.54) is 0 Å². The van der Waals surface area contributed by atoms with Crippen LogP contribution in [0.3, 0.4) is 0 Å². The standard InChI is InChI=1S/C15H18N2O3S/c1-15(8-10-21(19,20)11-15)17-14(18)13-6-4-12(5-7-13)3-2-9-16/h4-7H,8-11,16H2,1H3,(H,17,18). The van der Waals surface area contributed by atoms with Crippen molar-refractivity contribution < 1.29 is 13.2 Å². The van der Waals surface area contributed by atoms with E-state index in [-0.39, 0.29) is 24.0 Å². The number of nitrogens with one attached hydrogen (secondary N) is 1. The molecule has 3 N–H and O–H groups in total. The minimum atomic E-state index is -3.04. The first kappa shape index (κ1) is 15.5. The highest BCUT2D eigenvalue weighted by atomic mass is 32.2. The van der Waals surface area contributed by atoms with Crippen molar-refractivity contribution in [1.29, 1.82) is 0 Å². The van der Waals surface area contributed by atoms with Crippen LogP contribution < -0.4 is 11.1 Å². The molecule has 6 heteroatoms. The van der Waals surface area contributed by atoms with Crippen LogP contribution in [0.1, 0.15) is 29.3 Å². The molecular weight excluding hydrogens is 288 g/mol. The first-order chi connectivity index (χ1) is 9.84. The van der Waals surface area contributed by atoms with Gasteiger partial charge < -0.3 is 11.1 Å². The average molecular weight is 306 g/mol. The molecule has 2 rings (SSSR count). The van der Waals surface area contributed by atoms with Gasteiger partial charge >= 0.3 is 0 Å². The Morgan fingerprint density at radius 2 is 2.05 bits per heavy atom. The Kier molecular flexibility index (Phi) is 4.35. The Hall–Kier alpha value is -1.84. The number of hydrogen-bond acceptors (Lipinski definition) is 4. The number of nitrogens with two attached hydrogens (primary N) is 1. The van der Waals surface area contributed by atoms with Crippen LogP contribution in [0.15, 0.2) is 24.3 Å². The Bertz CT molecular complexity index is 699. The maximum Gasteiger partial charge on any atom is 0.251 e. The van der Waals surface area contributed by atoms with Gasteiger partial charge in [-0.15, -0.1) is 0 Å². The molecule has 0 bridgehead atoms. The highest BCUT2D eigenvalue weighted by Crippen LogP contribution is 2.23. The van der Waals surface area contributed by atoms with Crippen LogP contribution in [0.5, 0.6) is 0 Å². The van der Waals surface area contributed by atoms with Gasteiger partial charge in [0.05, 0.1) is 23.6 Å². The van der Waals surface area contributed by atoms with Crippen molar-refractivity contribution in [2.75, 3.05) is 18.1 Å². The minimum absolute atomic E-state index is 0.00814. The normalized spacial score (nSPS) is 23.1. The summed E-state index contributed by atoms with van der Waals surface area (Å²) in [7, 11) is -3.04. The lowest BCUT2D eigenvalue weighted by Gasteiger charge is -2.23. The molecule has 1 aromatic carbocycles. The van der Waals surface area contributed by atoms with Crippen LogP contribution in [0.4, 0.5) is 0 Å². The molecule has 1 unspecified atom stereocenters. The summed E-state index contributed by atoms with van der Waals surface area (Å²) in [6.07, 6.45) is 0.446. The van der Waals surface area contributed by atoms with Crippen molar-refractivity contribution >= 4 is 15.7 Å². The lowest BCUT2D eigenvalue weighted by Crippen LogP contribution is -2.46. The van der Waals surface area contributed by atoms with Gasteiger partial charge in [-0.3, -0.25) is 4.79 Å². The largest absolute Gasteiger partial charge is 0.346 e. The van der Waals surface area contributed by atoms with Gasteiger partial charge in [0.25, 0.3) is 5.91 Å². The van der Waals surface area contributed by atoms with Crippen molar-refractivity contribution in [3.8, 4) is 11.8 Å². The first-order valence-electron chi connectivity index (χ1n) is 6.66. The van der Waals surface area contributed by atoms with Gasteiger partial charge in [0, 0.05) is 11.1 Å². The van der Waals surface area contributed by atoms with Crippen LogP contribution in [0, 0.1) is 11.8 Å². The summed E-state index contributed by atoms with van der Waals surface area (Å²) < 4.78 is 23.1. The van der Waals surface area contributed by atoms with Gasteiger partial charge in [-0.25, -0.2) is 8.42 Å². The van der Waals surface area contributed by atoms with Crippen molar-refractivity contribution in [2.45, 2.75) is 18.9 Å². The molecule has 1 saturated heterocycles. The van der Waals surface area contributed by atoms with Crippen LogP contribution in [-0.4, -0.2) is 37.9 Å². The van der Waals surface area contributed by atoms with Gasteiger partial charge in [0.2, 0.25) is 0 Å². The molecule has 1 amide bonds. The molecule has 1 atom stereocenters. The van der Waals surface area contributed by atoms with Gasteiger partial charge in [0.15, 0.2) is 9.84 Å². The maximum absolute atomic E-state index is 12.2. The number of amides is 1. The number of hydrogen-bond donors (Lipinski definition) is 2. The topological polar surface area (TPSA) is 89.3 Å². The zero-order valence-corrected chi connectivity index (χ0v) is 12.7. The van der Waals surface area contributed by atoms with Crippen molar-refractivity contribution in [3.63, 3.8) is 0 Å². The summed E-state index contributed by atoms with van der Waals surface area (Å²) in [5, 5.41) is 2.82. The van der Waals surface area contributed by atoms with Crippen LogP contribution in [0.2, 0.25) is 0 Å². The first-order valence-corrected chi connectivity index (χ1v) is 8.48. The average Bonchev–Trinajstić information content (AvgIpc) is 2.70. The minimum Gasteiger partial charge on any atom is -0.346 e. The lowest BCUT2D eigenvalue weighted by atomic mass is 10.0. The molecular formula is C15H18N2O3S. The predicted molar refractivity (Wildman–Crippen MR) is 81.5 cm³/mol. The highest BCUT2D eigenvalue weighted by Gasteiger charge is 2.39. The molecule has 0 aliphatic carbocycles. The summed E-state index contributed by atoms with van der Waals surface area (Å²) in [6, 6.07) is 6.82. The van der Waals surface area contributed by atoms with Gasteiger partial charge in [-0.05, 0) is 37.6 Å². The third-order valence-electron chi connectivity index (χ3n) is 3.40. The van der Waals surface area contributed by atoms with E-state index < -0.39 is 15.4 Å². The van der Waals surface area contributed by atoms with E-state index in [4.69, 9.17) is 5.73 Å². The summed E-state index contributed by atoms with van der Waals surface area (Å²) in [4.78, 5) is 12.2. The molecule has 0 aromatic heterocycles. The second-order valence-corrected chi connectivity index (χ2v) is 7.62. The van der Waals surface area contributed by atoms with Crippen molar-refractivity contribution in [1.82, 2.24) is 5.32 Å². The molecule has 1 heterocycles. The molecule has 1 aliphatic rings. The Morgan fingerprint density at radius 3 is 2.57 bits per heavy atom. The monoisotopic (exact) mass is 306 g/mol. The Balaban J connectivity index is 2.07. The molecule has 0 spiro atoms. The van der Waals surface area contributed by atoms with E-state index in [9.17, 15) is 13.2 Å². The number of sulfone groups is 1. The van der Waals surface area contributed by atoms with E-state index in [1.54, 1.807) is 31.2 Å². The molecule has 5 nitrogen and oxygen atoms in total. The number of benzene rings is 1. The summed E-state index contributed by atoms with van der Waals surface area (Å²) >= 11 is 0. The fourth-order valence-electron chi connectivity index (χ4n) is 2.31. The fraction of sp³-hybridized carbons (Fsp3) is 0.400. The fourth-order valence-corrected chi connectivity index (χ4v) is 4.41. The molecule has 1 aromatic rings. The molecule has 112 valence electrons. The quantitative estimate of drug-likeness (QED) is 0.769. The maximum atomic E-state index is 12.2. The van der Waals surface area contributed by atoms with Crippen LogP contribution in [0.25, 0.3) is 0 Å². The van der Waals surface area contributed by atoms with Crippen molar-refractivity contribution in [2.24, 2.45) is 5.73 Å². The van der Waals surface area contributed by atoms with Gasteiger partial charge in [-0.2, -0.15) is 0 Å². The third-order valence-corrected chi connectivity index (χ3v) is 5.30. The highest BCUT2D eigenvalue weighted by molar-refractivity contribution is 7.91. The summed E-state index contributed by atoms with van der Waals surface area (Å²) in [5.74, 6) is 5.46. The van der Waals surface area contributed by atoms with E-state index in [0.29, 0.717) is 12.0 Å². The number of rotatable bonds is 2. The molecule has 21 heavy (non-hydrogen) atoms. The molecule has 0 saturated carbocycles. The third kappa shape index (κ3) is 4.06. The van der Waals surface area contributed by atoms with E-state index in [2.05, 4.69) is 17.2 Å². The number of carbonyl (C=O) groups is 1. The molecule has 1 fully saturated rings. The summed E-state index contributed by atoms with van der Waals surface area (Å²) in [6.45, 7) is 2.05. The molecule has 1 aliphatic heterocycles. The Morgan fingerprint density at radius 1 is 1.38 bits per heavy atom. The number of carbonyl (C=O) groups excluding carboxylic acids is 1. The van der Waals surface area contributed by atoms with Crippen molar-refractivity contribution in [3.05, 3.63) is 35.4 Å². The Labute approximate surface area is 124 Å². The SMILES string of the molecule is CC1(NC(=O)c2ccc(C#CCN)cc2)CCS(=O)(=O)C1. The van der Waals surface area contributed by atoms with E-state index in [1.807, 2.05) is 0 Å². The zero-order valence-electron chi connectivity index (χ0n) is 11.8. The van der Waals surface area contributed by atoms with Gasteiger partial charge in [0.1, 0.15) is 0 Å². The van der Waals surface area contributed by atoms with E-state index in [0.717, 1.165) is 5.56 Å². The smallest absolute Gasteiger partial charge is 0.251 e. The zero-order chi connectivity index (χ0) is 15.5. The van der Waals surface area contributed by atoms with Crippen LogP contribution in [-0.2, 0) is 9.84 Å². The predicted octanol–water partition coefficient (Wildman–Crippen LogP) is 0.304. The molecule has 0 radical (unpaired) electrons. The lowest BCUT2D eigenvalue weighted by molar-refractivity contribution is 0.0915. The summed E-state index contributed by atoms with van der Waals surface area (Å²) in [5.41, 5.74) is 5.88. The van der Waals surface area contributed by atoms with Gasteiger partial charge in [-0.1, -0.05) is 11.8 Å². The second-order valence-electron chi connectivity index (χ2n) is 5.44.